The van der Waals surface area contributed by atoms with Crippen LogP contribution in [-0.2, 0) is 0 Å². The topological polar surface area (TPSA) is 69.7 Å². The first-order chi connectivity index (χ1) is 13.8. The number of anilines is 4. The van der Waals surface area contributed by atoms with Gasteiger partial charge in [-0.1, -0.05) is 30.3 Å². The van der Waals surface area contributed by atoms with Crippen LogP contribution >= 0.6 is 0 Å². The Labute approximate surface area is 163 Å². The van der Waals surface area contributed by atoms with Gasteiger partial charge in [-0.25, -0.2) is 4.98 Å². The summed E-state index contributed by atoms with van der Waals surface area (Å²) in [5, 5.41) is 11.9. The van der Waals surface area contributed by atoms with E-state index in [1.165, 1.54) is 12.8 Å². The average molecular weight is 370 g/mol. The molecule has 0 bridgehead atoms. The monoisotopic (exact) mass is 370 g/mol. The zero-order valence-electron chi connectivity index (χ0n) is 15.8. The molecule has 28 heavy (non-hydrogen) atoms. The summed E-state index contributed by atoms with van der Waals surface area (Å²) in [6.45, 7) is 2.88. The molecule has 2 N–H and O–H groups in total. The molecule has 0 atom stereocenters. The van der Waals surface area contributed by atoms with Gasteiger partial charge in [0.1, 0.15) is 11.6 Å². The van der Waals surface area contributed by atoms with Gasteiger partial charge in [0, 0.05) is 29.6 Å². The van der Waals surface area contributed by atoms with Gasteiger partial charge < -0.3 is 10.2 Å². The van der Waals surface area contributed by atoms with E-state index in [1.54, 1.807) is 0 Å². The van der Waals surface area contributed by atoms with E-state index in [-0.39, 0.29) is 0 Å². The predicted octanol–water partition coefficient (Wildman–Crippen LogP) is 5.13. The summed E-state index contributed by atoms with van der Waals surface area (Å²) in [6, 6.07) is 20.4. The molecule has 5 rings (SSSR count). The predicted molar refractivity (Wildman–Crippen MR) is 113 cm³/mol. The van der Waals surface area contributed by atoms with Gasteiger partial charge in [-0.05, 0) is 44.0 Å². The number of fused-ring (bicyclic) bond motifs is 1. The minimum absolute atomic E-state index is 0.609. The van der Waals surface area contributed by atoms with Crippen molar-refractivity contribution >= 4 is 34.2 Å². The highest BCUT2D eigenvalue weighted by molar-refractivity contribution is 5.91. The molecular formula is C22H22N6. The molecule has 1 aliphatic carbocycles. The highest BCUT2D eigenvalue weighted by Gasteiger charge is 2.26. The van der Waals surface area contributed by atoms with Crippen molar-refractivity contribution in [2.45, 2.75) is 25.7 Å². The van der Waals surface area contributed by atoms with Gasteiger partial charge in [-0.3, -0.25) is 5.10 Å². The molecule has 0 saturated heterocycles. The van der Waals surface area contributed by atoms with Crippen molar-refractivity contribution in [2.24, 2.45) is 0 Å². The van der Waals surface area contributed by atoms with E-state index in [0.29, 0.717) is 11.9 Å². The maximum atomic E-state index is 4.87. The van der Waals surface area contributed by atoms with Crippen molar-refractivity contribution in [3.8, 4) is 0 Å². The number of hydrogen-bond acceptors (Lipinski definition) is 5. The summed E-state index contributed by atoms with van der Waals surface area (Å²) >= 11 is 0. The number of para-hydroxylation sites is 2. The summed E-state index contributed by atoms with van der Waals surface area (Å²) in [5.74, 6) is 2.93. The van der Waals surface area contributed by atoms with Gasteiger partial charge in [0.25, 0.3) is 0 Å². The number of H-pyrrole nitrogens is 1. The Hall–Kier alpha value is -3.41. The summed E-state index contributed by atoms with van der Waals surface area (Å²) in [7, 11) is 0. The lowest BCUT2D eigenvalue weighted by Gasteiger charge is -2.22. The second-order valence-corrected chi connectivity index (χ2v) is 7.07. The molecule has 6 nitrogen and oxygen atoms in total. The van der Waals surface area contributed by atoms with Gasteiger partial charge >= 0.3 is 0 Å². The Kier molecular flexibility index (Phi) is 4.16. The van der Waals surface area contributed by atoms with Crippen LogP contribution in [0.2, 0.25) is 0 Å². The fourth-order valence-electron chi connectivity index (χ4n) is 3.44. The zero-order valence-corrected chi connectivity index (χ0v) is 15.8. The van der Waals surface area contributed by atoms with Crippen molar-refractivity contribution in [3.63, 3.8) is 0 Å². The van der Waals surface area contributed by atoms with Crippen molar-refractivity contribution in [2.75, 3.05) is 16.8 Å². The fourth-order valence-corrected chi connectivity index (χ4v) is 3.44. The number of aromatic nitrogens is 4. The van der Waals surface area contributed by atoms with Crippen molar-refractivity contribution < 1.29 is 0 Å². The second kappa shape index (κ2) is 6.96. The third kappa shape index (κ3) is 3.17. The van der Waals surface area contributed by atoms with Crippen LogP contribution in [-0.4, -0.2) is 26.7 Å². The molecule has 0 unspecified atom stereocenters. The molecule has 1 saturated carbocycles. The van der Waals surface area contributed by atoms with E-state index in [1.807, 2.05) is 42.5 Å². The van der Waals surface area contributed by atoms with E-state index in [2.05, 4.69) is 45.5 Å². The normalized spacial score (nSPS) is 13.6. The average Bonchev–Trinajstić information content (AvgIpc) is 3.49. The van der Waals surface area contributed by atoms with Gasteiger partial charge in [0.05, 0.1) is 11.2 Å². The number of aromatic amines is 1. The van der Waals surface area contributed by atoms with Crippen LogP contribution in [0.3, 0.4) is 0 Å². The lowest BCUT2D eigenvalue weighted by Crippen LogP contribution is -2.19. The quantitative estimate of drug-likeness (QED) is 0.492. The largest absolute Gasteiger partial charge is 0.325 e. The third-order valence-corrected chi connectivity index (χ3v) is 5.06. The Balaban J connectivity index is 1.57. The van der Waals surface area contributed by atoms with Gasteiger partial charge in [-0.2, -0.15) is 10.1 Å². The first kappa shape index (κ1) is 16.7. The highest BCUT2D eigenvalue weighted by Crippen LogP contribution is 2.40. The Morgan fingerprint density at radius 2 is 1.82 bits per heavy atom. The number of rotatable bonds is 6. The summed E-state index contributed by atoms with van der Waals surface area (Å²) in [5.41, 5.74) is 3.11. The summed E-state index contributed by atoms with van der Waals surface area (Å²) in [6.07, 6.45) is 2.46. The van der Waals surface area contributed by atoms with Crippen LogP contribution in [0.4, 0.5) is 23.3 Å². The van der Waals surface area contributed by atoms with Crippen LogP contribution in [0.5, 0.6) is 0 Å². The SMILES string of the molecule is CCN(c1ccccc1)c1nc(Nc2cc(C3CC3)n[nH]2)c2ccccc2n1. The van der Waals surface area contributed by atoms with Gasteiger partial charge in [0.2, 0.25) is 5.95 Å². The van der Waals surface area contributed by atoms with Crippen LogP contribution in [0.1, 0.15) is 31.4 Å². The number of hydrogen-bond donors (Lipinski definition) is 2. The van der Waals surface area contributed by atoms with Crippen LogP contribution in [0.25, 0.3) is 10.9 Å². The van der Waals surface area contributed by atoms with Crippen LogP contribution in [0, 0.1) is 0 Å². The molecule has 1 fully saturated rings. The first-order valence-corrected chi connectivity index (χ1v) is 9.73. The smallest absolute Gasteiger partial charge is 0.232 e. The molecule has 1 aliphatic rings. The minimum Gasteiger partial charge on any atom is -0.325 e. The van der Waals surface area contributed by atoms with E-state index in [9.17, 15) is 0 Å². The van der Waals surface area contributed by atoms with E-state index in [4.69, 9.17) is 9.97 Å². The zero-order chi connectivity index (χ0) is 18.9. The first-order valence-electron chi connectivity index (χ1n) is 9.73. The van der Waals surface area contributed by atoms with E-state index in [0.717, 1.165) is 40.5 Å². The van der Waals surface area contributed by atoms with E-state index < -0.39 is 0 Å². The Morgan fingerprint density at radius 1 is 1.04 bits per heavy atom. The molecule has 2 heterocycles. The Morgan fingerprint density at radius 3 is 2.61 bits per heavy atom. The highest BCUT2D eigenvalue weighted by atomic mass is 15.3. The molecule has 0 aliphatic heterocycles. The summed E-state index contributed by atoms with van der Waals surface area (Å²) in [4.78, 5) is 11.8. The molecule has 0 spiro atoms. The molecule has 140 valence electrons. The van der Waals surface area contributed by atoms with Crippen LogP contribution < -0.4 is 10.2 Å². The summed E-state index contributed by atoms with van der Waals surface area (Å²) < 4.78 is 0. The lowest BCUT2D eigenvalue weighted by atomic mass is 10.2. The maximum Gasteiger partial charge on any atom is 0.232 e. The molecule has 0 radical (unpaired) electrons. The van der Waals surface area contributed by atoms with Crippen LogP contribution in [0.15, 0.2) is 60.7 Å². The second-order valence-electron chi connectivity index (χ2n) is 7.07. The molecule has 2 aromatic heterocycles. The number of nitrogens with one attached hydrogen (secondary N) is 2. The lowest BCUT2D eigenvalue weighted by molar-refractivity contribution is 0.955. The van der Waals surface area contributed by atoms with Crippen molar-refractivity contribution in [3.05, 3.63) is 66.4 Å². The van der Waals surface area contributed by atoms with Gasteiger partial charge in [-0.15, -0.1) is 0 Å². The molecule has 6 heteroatoms. The molecule has 2 aromatic carbocycles. The van der Waals surface area contributed by atoms with E-state index >= 15 is 0 Å². The fraction of sp³-hybridized carbons (Fsp3) is 0.227. The molecule has 4 aromatic rings. The standard InChI is InChI=1S/C22H22N6/c1-2-28(16-8-4-3-5-9-16)22-23-18-11-7-6-10-17(18)21(25-22)24-20-14-19(26-27-20)15-12-13-15/h3-11,14-15H,2,12-13H2,1H3,(H2,23,24,25,26,27). The van der Waals surface area contributed by atoms with Crippen molar-refractivity contribution in [1.82, 2.24) is 20.2 Å². The maximum absolute atomic E-state index is 4.87. The molecular weight excluding hydrogens is 348 g/mol. The third-order valence-electron chi connectivity index (χ3n) is 5.06. The number of benzene rings is 2. The number of nitrogens with zero attached hydrogens (tertiary/aromatic N) is 4. The van der Waals surface area contributed by atoms with Crippen molar-refractivity contribution in [1.29, 1.82) is 0 Å². The van der Waals surface area contributed by atoms with Gasteiger partial charge in [0.15, 0.2) is 0 Å². The minimum atomic E-state index is 0.609. The molecule has 0 amide bonds. The Bertz CT molecular complexity index is 1100.